The van der Waals surface area contributed by atoms with Crippen LogP contribution in [0.15, 0.2) is 42.5 Å². The minimum absolute atomic E-state index is 0.0292. The summed E-state index contributed by atoms with van der Waals surface area (Å²) >= 11 is 0. The maximum absolute atomic E-state index is 12.5. The Hall–Kier alpha value is -3.13. The summed E-state index contributed by atoms with van der Waals surface area (Å²) in [4.78, 5) is 22.8. The molecule has 0 aromatic heterocycles. The lowest BCUT2D eigenvalue weighted by molar-refractivity contribution is -0.384. The van der Waals surface area contributed by atoms with Crippen LogP contribution in [-0.2, 0) is 11.3 Å². The van der Waals surface area contributed by atoms with Crippen LogP contribution >= 0.6 is 0 Å². The zero-order valence-electron chi connectivity index (χ0n) is 14.3. The molecule has 0 unspecified atom stereocenters. The Labute approximate surface area is 150 Å². The zero-order chi connectivity index (χ0) is 18.9. The molecule has 138 valence electrons. The monoisotopic (exact) mass is 360 g/mol. The van der Waals surface area contributed by atoms with Gasteiger partial charge in [0.05, 0.1) is 23.7 Å². The molecule has 0 heterocycles. The molecule has 0 fully saturated rings. The second-order valence-electron chi connectivity index (χ2n) is 5.25. The maximum atomic E-state index is 12.5. The van der Waals surface area contributed by atoms with Crippen molar-refractivity contribution >= 4 is 17.3 Å². The molecule has 2 N–H and O–H groups in total. The van der Waals surface area contributed by atoms with Gasteiger partial charge >= 0.3 is 5.97 Å². The summed E-state index contributed by atoms with van der Waals surface area (Å²) in [5, 5.41) is 22.7. The van der Waals surface area contributed by atoms with Crippen molar-refractivity contribution in [3.8, 4) is 5.75 Å². The van der Waals surface area contributed by atoms with E-state index >= 15 is 0 Å². The first-order valence-electron chi connectivity index (χ1n) is 8.07. The van der Waals surface area contributed by atoms with Gasteiger partial charge in [-0.15, -0.1) is 0 Å². The summed E-state index contributed by atoms with van der Waals surface area (Å²) in [6.45, 7) is 2.35. The molecular weight excluding hydrogens is 340 g/mol. The molecule has 0 aliphatic rings. The highest BCUT2D eigenvalue weighted by molar-refractivity contribution is 5.96. The molecule has 26 heavy (non-hydrogen) atoms. The maximum Gasteiger partial charge on any atom is 0.340 e. The highest BCUT2D eigenvalue weighted by atomic mass is 16.6. The number of non-ortho nitro benzene ring substituents is 1. The molecule has 0 amide bonds. The van der Waals surface area contributed by atoms with Gasteiger partial charge in [-0.2, -0.15) is 0 Å². The number of nitrogens with one attached hydrogen (secondary N) is 1. The number of aliphatic hydroxyl groups excluding tert-OH is 1. The average Bonchev–Trinajstić information content (AvgIpc) is 2.65. The number of nitro benzene ring substituents is 1. The number of para-hydroxylation sites is 1. The van der Waals surface area contributed by atoms with E-state index in [1.165, 1.54) is 12.1 Å². The molecule has 0 aliphatic heterocycles. The number of esters is 1. The third-order valence-electron chi connectivity index (χ3n) is 3.49. The van der Waals surface area contributed by atoms with E-state index in [1.54, 1.807) is 18.2 Å². The number of carbonyl (C=O) groups excluding carboxylic acids is 1. The van der Waals surface area contributed by atoms with E-state index in [1.807, 2.05) is 13.0 Å². The van der Waals surface area contributed by atoms with Gasteiger partial charge in [-0.05, 0) is 19.1 Å². The minimum Gasteiger partial charge on any atom is -0.493 e. The fourth-order valence-electron chi connectivity index (χ4n) is 2.30. The van der Waals surface area contributed by atoms with Crippen LogP contribution in [0.1, 0.15) is 22.8 Å². The van der Waals surface area contributed by atoms with E-state index in [0.717, 1.165) is 6.07 Å². The van der Waals surface area contributed by atoms with Crippen LogP contribution in [0.3, 0.4) is 0 Å². The van der Waals surface area contributed by atoms with E-state index in [-0.39, 0.29) is 31.0 Å². The summed E-state index contributed by atoms with van der Waals surface area (Å²) in [5.74, 6) is -0.0964. The standard InChI is InChI=1S/C18H20N2O6/c1-2-25-17-6-4-3-5-13(17)12-26-18(22)15-11-14(20(23)24)7-8-16(15)19-9-10-21/h3-8,11,19,21H,2,9-10,12H2,1H3. The number of hydrogen-bond donors (Lipinski definition) is 2. The SMILES string of the molecule is CCOc1ccccc1COC(=O)c1cc([N+](=O)[O-])ccc1NCCO. The quantitative estimate of drug-likeness (QED) is 0.402. The fourth-order valence-corrected chi connectivity index (χ4v) is 2.30. The second kappa shape index (κ2) is 9.38. The van der Waals surface area contributed by atoms with E-state index in [2.05, 4.69) is 5.32 Å². The summed E-state index contributed by atoms with van der Waals surface area (Å²) < 4.78 is 10.8. The molecule has 2 aromatic rings. The summed E-state index contributed by atoms with van der Waals surface area (Å²) in [6, 6.07) is 11.0. The van der Waals surface area contributed by atoms with Crippen molar-refractivity contribution in [2.45, 2.75) is 13.5 Å². The van der Waals surface area contributed by atoms with Gasteiger partial charge in [0.15, 0.2) is 0 Å². The number of rotatable bonds is 9. The predicted octanol–water partition coefficient (Wildman–Crippen LogP) is 2.75. The van der Waals surface area contributed by atoms with Crippen molar-refractivity contribution in [1.82, 2.24) is 0 Å². The van der Waals surface area contributed by atoms with Crippen LogP contribution in [0.2, 0.25) is 0 Å². The lowest BCUT2D eigenvalue weighted by Gasteiger charge is -2.13. The van der Waals surface area contributed by atoms with Gasteiger partial charge in [0.2, 0.25) is 0 Å². The molecule has 0 saturated carbocycles. The fraction of sp³-hybridized carbons (Fsp3) is 0.278. The van der Waals surface area contributed by atoms with Gasteiger partial charge in [0.25, 0.3) is 5.69 Å². The molecule has 0 radical (unpaired) electrons. The van der Waals surface area contributed by atoms with E-state index in [4.69, 9.17) is 14.6 Å². The van der Waals surface area contributed by atoms with Gasteiger partial charge in [-0.1, -0.05) is 18.2 Å². The van der Waals surface area contributed by atoms with Crippen molar-refractivity contribution < 1.29 is 24.3 Å². The topological polar surface area (TPSA) is 111 Å². The van der Waals surface area contributed by atoms with Gasteiger partial charge in [-0.25, -0.2) is 4.79 Å². The highest BCUT2D eigenvalue weighted by Crippen LogP contribution is 2.24. The highest BCUT2D eigenvalue weighted by Gasteiger charge is 2.18. The number of nitro groups is 1. The molecule has 0 saturated heterocycles. The Morgan fingerprint density at radius 1 is 1.27 bits per heavy atom. The molecule has 0 atom stereocenters. The number of ether oxygens (including phenoxy) is 2. The summed E-state index contributed by atoms with van der Waals surface area (Å²) in [6.07, 6.45) is 0. The third kappa shape index (κ3) is 4.93. The predicted molar refractivity (Wildman–Crippen MR) is 95.4 cm³/mol. The first-order valence-corrected chi connectivity index (χ1v) is 8.07. The van der Waals surface area contributed by atoms with Gasteiger partial charge < -0.3 is 19.9 Å². The number of aliphatic hydroxyl groups is 1. The molecule has 2 rings (SSSR count). The lowest BCUT2D eigenvalue weighted by Crippen LogP contribution is -2.13. The minimum atomic E-state index is -0.708. The summed E-state index contributed by atoms with van der Waals surface area (Å²) in [7, 11) is 0. The average molecular weight is 360 g/mol. The molecule has 8 heteroatoms. The Morgan fingerprint density at radius 2 is 2.04 bits per heavy atom. The Bertz CT molecular complexity index is 778. The number of anilines is 1. The Kier molecular flexibility index (Phi) is 6.92. The second-order valence-corrected chi connectivity index (χ2v) is 5.25. The molecule has 0 aliphatic carbocycles. The molecule has 0 bridgehead atoms. The lowest BCUT2D eigenvalue weighted by atomic mass is 10.1. The van der Waals surface area contributed by atoms with Crippen LogP contribution in [0.5, 0.6) is 5.75 Å². The largest absolute Gasteiger partial charge is 0.493 e. The van der Waals surface area contributed by atoms with Crippen LogP contribution in [0.4, 0.5) is 11.4 Å². The summed E-state index contributed by atoms with van der Waals surface area (Å²) in [5.41, 5.74) is 0.855. The van der Waals surface area contributed by atoms with Crippen molar-refractivity contribution in [2.75, 3.05) is 25.1 Å². The van der Waals surface area contributed by atoms with E-state index in [9.17, 15) is 14.9 Å². The van der Waals surface area contributed by atoms with E-state index < -0.39 is 10.9 Å². The third-order valence-corrected chi connectivity index (χ3v) is 3.49. The molecule has 8 nitrogen and oxygen atoms in total. The van der Waals surface area contributed by atoms with E-state index in [0.29, 0.717) is 23.6 Å². The van der Waals surface area contributed by atoms with Crippen LogP contribution in [0, 0.1) is 10.1 Å². The van der Waals surface area contributed by atoms with Crippen LogP contribution in [0.25, 0.3) is 0 Å². The first-order chi connectivity index (χ1) is 12.6. The number of benzene rings is 2. The van der Waals surface area contributed by atoms with Crippen LogP contribution < -0.4 is 10.1 Å². The zero-order valence-corrected chi connectivity index (χ0v) is 14.3. The normalized spacial score (nSPS) is 10.2. The van der Waals surface area contributed by atoms with Gasteiger partial charge in [-0.3, -0.25) is 10.1 Å². The molecule has 0 spiro atoms. The Morgan fingerprint density at radius 3 is 2.73 bits per heavy atom. The number of hydrogen-bond acceptors (Lipinski definition) is 7. The molecular formula is C18H20N2O6. The van der Waals surface area contributed by atoms with Crippen LogP contribution in [-0.4, -0.2) is 35.8 Å². The van der Waals surface area contributed by atoms with Crippen molar-refractivity contribution in [2.24, 2.45) is 0 Å². The smallest absolute Gasteiger partial charge is 0.340 e. The van der Waals surface area contributed by atoms with Crippen molar-refractivity contribution in [3.63, 3.8) is 0 Å². The van der Waals surface area contributed by atoms with Crippen molar-refractivity contribution in [3.05, 3.63) is 63.7 Å². The number of carbonyl (C=O) groups is 1. The van der Waals surface area contributed by atoms with Gasteiger partial charge in [0, 0.05) is 29.9 Å². The van der Waals surface area contributed by atoms with Crippen molar-refractivity contribution in [1.29, 1.82) is 0 Å². The van der Waals surface area contributed by atoms with Gasteiger partial charge in [0.1, 0.15) is 12.4 Å². The molecule has 2 aromatic carbocycles. The first kappa shape index (κ1) is 19.2. The Balaban J connectivity index is 2.20. The number of nitrogens with zero attached hydrogens (tertiary/aromatic N) is 1.